The molecule has 1 fully saturated rings. The monoisotopic (exact) mass is 381 g/mol. The highest BCUT2D eigenvalue weighted by atomic mass is 31.2. The van der Waals surface area contributed by atoms with E-state index in [-0.39, 0.29) is 5.75 Å². The molecule has 2 rings (SSSR count). The molecule has 1 heterocycles. The topological polar surface area (TPSA) is 189 Å². The van der Waals surface area contributed by atoms with Crippen LogP contribution in [-0.2, 0) is 13.8 Å². The number of hydrogen-bond donors (Lipinski definition) is 5. The summed E-state index contributed by atoms with van der Waals surface area (Å²) in [7, 11) is -4.87. The van der Waals surface area contributed by atoms with E-state index in [2.05, 4.69) is 4.52 Å². The molecule has 140 valence electrons. The minimum absolute atomic E-state index is 0.269. The molecule has 0 bridgehead atoms. The van der Waals surface area contributed by atoms with E-state index in [1.807, 2.05) is 0 Å². The fraction of sp³-hybridized carbons (Fsp3) is 0.500. The molecule has 12 nitrogen and oxygen atoms in total. The molecule has 0 spiro atoms. The fourth-order valence-corrected chi connectivity index (χ4v) is 2.50. The van der Waals surface area contributed by atoms with Crippen LogP contribution in [0.15, 0.2) is 24.3 Å². The first-order valence-corrected chi connectivity index (χ1v) is 8.43. The van der Waals surface area contributed by atoms with Crippen molar-refractivity contribution in [3.63, 3.8) is 0 Å². The molecule has 5 unspecified atom stereocenters. The first-order chi connectivity index (χ1) is 11.6. The Morgan fingerprint density at radius 3 is 2.40 bits per heavy atom. The number of nitro benzene ring substituents is 1. The summed E-state index contributed by atoms with van der Waals surface area (Å²) in [5.74, 6) is -0.269. The van der Waals surface area contributed by atoms with Crippen LogP contribution in [0.4, 0.5) is 5.69 Å². The van der Waals surface area contributed by atoms with Crippen molar-refractivity contribution in [1.82, 2.24) is 0 Å². The smallest absolute Gasteiger partial charge is 0.455 e. The molecule has 1 aromatic rings. The normalized spacial score (nSPS) is 30.0. The predicted octanol–water partition coefficient (Wildman–Crippen LogP) is -1.11. The molecular weight excluding hydrogens is 365 g/mol. The van der Waals surface area contributed by atoms with E-state index < -0.39 is 55.7 Å². The van der Waals surface area contributed by atoms with Crippen LogP contribution in [0.2, 0.25) is 0 Å². The van der Waals surface area contributed by atoms with Crippen molar-refractivity contribution >= 4 is 13.5 Å². The van der Waals surface area contributed by atoms with Gasteiger partial charge in [-0.15, -0.1) is 0 Å². The zero-order valence-electron chi connectivity index (χ0n) is 12.5. The van der Waals surface area contributed by atoms with Crippen LogP contribution >= 0.6 is 7.82 Å². The Morgan fingerprint density at radius 2 is 1.80 bits per heavy atom. The van der Waals surface area contributed by atoms with Gasteiger partial charge in [-0.1, -0.05) is 12.1 Å². The van der Waals surface area contributed by atoms with Crippen LogP contribution in [0.3, 0.4) is 0 Å². The maximum atomic E-state index is 11.0. The Balaban J connectivity index is 2.16. The van der Waals surface area contributed by atoms with Crippen LogP contribution in [0.1, 0.15) is 0 Å². The number of rotatable bonds is 6. The molecule has 13 heteroatoms. The number of nitro groups is 1. The molecule has 0 aromatic heterocycles. The molecule has 0 radical (unpaired) electrons. The van der Waals surface area contributed by atoms with Gasteiger partial charge in [-0.2, -0.15) is 0 Å². The largest absolute Gasteiger partial charge is 0.469 e. The van der Waals surface area contributed by atoms with Crippen LogP contribution in [-0.4, -0.2) is 67.3 Å². The maximum Gasteiger partial charge on any atom is 0.469 e. The van der Waals surface area contributed by atoms with Gasteiger partial charge in [0, 0.05) is 6.07 Å². The Kier molecular flexibility index (Phi) is 6.08. The fourth-order valence-electron chi connectivity index (χ4n) is 2.15. The summed E-state index contributed by atoms with van der Waals surface area (Å²) in [6.07, 6.45) is -8.41. The third-order valence-electron chi connectivity index (χ3n) is 3.38. The summed E-state index contributed by atoms with van der Waals surface area (Å²) in [6, 6.07) is 5.19. The third-order valence-corrected chi connectivity index (χ3v) is 3.87. The lowest BCUT2D eigenvalue weighted by molar-refractivity contribution is -0.387. The molecule has 1 aliphatic heterocycles. The molecular formula is C12H16NO11P. The second-order valence-corrected chi connectivity index (χ2v) is 6.38. The highest BCUT2D eigenvalue weighted by Gasteiger charge is 2.46. The van der Waals surface area contributed by atoms with Gasteiger partial charge in [0.1, 0.15) is 24.4 Å². The van der Waals surface area contributed by atoms with E-state index >= 15 is 0 Å². The van der Waals surface area contributed by atoms with E-state index in [0.717, 1.165) is 6.07 Å². The van der Waals surface area contributed by atoms with E-state index in [0.29, 0.717) is 0 Å². The van der Waals surface area contributed by atoms with Crippen LogP contribution < -0.4 is 4.74 Å². The number of ether oxygens (including phenoxy) is 2. The number of aliphatic hydroxyl groups is 3. The van der Waals surface area contributed by atoms with E-state index in [1.54, 1.807) is 0 Å². The van der Waals surface area contributed by atoms with Crippen molar-refractivity contribution in [2.75, 3.05) is 6.61 Å². The Labute approximate surface area is 140 Å². The molecule has 0 saturated carbocycles. The highest BCUT2D eigenvalue weighted by Crippen LogP contribution is 2.37. The second-order valence-electron chi connectivity index (χ2n) is 5.14. The zero-order valence-corrected chi connectivity index (χ0v) is 13.4. The Bertz CT molecular complexity index is 664. The van der Waals surface area contributed by atoms with Gasteiger partial charge in [0.05, 0.1) is 11.5 Å². The average molecular weight is 381 g/mol. The van der Waals surface area contributed by atoms with Gasteiger partial charge >= 0.3 is 13.5 Å². The Hall–Kier alpha value is -1.63. The highest BCUT2D eigenvalue weighted by molar-refractivity contribution is 7.46. The molecule has 0 aliphatic carbocycles. The van der Waals surface area contributed by atoms with Gasteiger partial charge in [0.25, 0.3) is 0 Å². The number of hydrogen-bond acceptors (Lipinski definition) is 9. The molecule has 1 saturated heterocycles. The number of aliphatic hydroxyl groups excluding tert-OH is 3. The molecule has 1 aliphatic rings. The quantitative estimate of drug-likeness (QED) is 0.228. The number of phosphoric ester groups is 1. The standard InChI is InChI=1S/C12H16NO11P/c14-9-8(5-22-25(19,20)21)24-12(11(16)10(9)15)23-7-4-2-1-3-6(7)13(17)18/h1-4,8-12,14-16H,5H2,(H2,19,20,21). The molecule has 1 aromatic carbocycles. The second kappa shape index (κ2) is 7.72. The number of phosphoric acid groups is 1. The van der Waals surface area contributed by atoms with Gasteiger partial charge < -0.3 is 34.6 Å². The van der Waals surface area contributed by atoms with Crippen molar-refractivity contribution in [2.45, 2.75) is 30.7 Å². The number of para-hydroxylation sites is 2. The summed E-state index contributed by atoms with van der Waals surface area (Å²) >= 11 is 0. The summed E-state index contributed by atoms with van der Waals surface area (Å²) in [4.78, 5) is 27.6. The van der Waals surface area contributed by atoms with Crippen molar-refractivity contribution in [3.8, 4) is 5.75 Å². The molecule has 25 heavy (non-hydrogen) atoms. The summed E-state index contributed by atoms with van der Waals surface area (Å²) < 4.78 is 25.3. The van der Waals surface area contributed by atoms with Gasteiger partial charge in [-0.3, -0.25) is 14.6 Å². The SMILES string of the molecule is O=[N+]([O-])c1ccccc1OC1OC(COP(=O)(O)O)C(O)C(O)C1O. The predicted molar refractivity (Wildman–Crippen MR) is 78.4 cm³/mol. The van der Waals surface area contributed by atoms with E-state index in [4.69, 9.17) is 19.3 Å². The molecule has 5 atom stereocenters. The van der Waals surface area contributed by atoms with Crippen LogP contribution in [0.5, 0.6) is 5.75 Å². The van der Waals surface area contributed by atoms with Crippen molar-refractivity contribution in [1.29, 1.82) is 0 Å². The lowest BCUT2D eigenvalue weighted by Gasteiger charge is -2.39. The Morgan fingerprint density at radius 1 is 1.16 bits per heavy atom. The van der Waals surface area contributed by atoms with Crippen molar-refractivity contribution in [3.05, 3.63) is 34.4 Å². The summed E-state index contributed by atoms with van der Waals surface area (Å²) in [5.41, 5.74) is -0.429. The van der Waals surface area contributed by atoms with Crippen LogP contribution in [0.25, 0.3) is 0 Å². The third kappa shape index (κ3) is 4.93. The molecule has 0 amide bonds. The van der Waals surface area contributed by atoms with Gasteiger partial charge in [0.15, 0.2) is 5.75 Å². The summed E-state index contributed by atoms with van der Waals surface area (Å²) in [5, 5.41) is 40.5. The molecule has 5 N–H and O–H groups in total. The van der Waals surface area contributed by atoms with Gasteiger partial charge in [-0.25, -0.2) is 4.57 Å². The zero-order chi connectivity index (χ0) is 18.8. The minimum atomic E-state index is -4.87. The van der Waals surface area contributed by atoms with Crippen molar-refractivity contribution in [2.24, 2.45) is 0 Å². The minimum Gasteiger partial charge on any atom is -0.455 e. The lowest BCUT2D eigenvalue weighted by Crippen LogP contribution is -2.60. The first-order valence-electron chi connectivity index (χ1n) is 6.90. The van der Waals surface area contributed by atoms with Gasteiger partial charge in [0.2, 0.25) is 6.29 Å². The lowest BCUT2D eigenvalue weighted by atomic mass is 9.99. The average Bonchev–Trinajstić information content (AvgIpc) is 2.53. The number of benzene rings is 1. The van der Waals surface area contributed by atoms with Crippen LogP contribution in [0, 0.1) is 10.1 Å². The van der Waals surface area contributed by atoms with Crippen molar-refractivity contribution < 1.29 is 48.6 Å². The first kappa shape index (κ1) is 19.7. The number of nitrogens with zero attached hydrogens (tertiary/aromatic N) is 1. The van der Waals surface area contributed by atoms with E-state index in [1.165, 1.54) is 18.2 Å². The summed E-state index contributed by atoms with van der Waals surface area (Å²) in [6.45, 7) is -0.814. The maximum absolute atomic E-state index is 11.0. The van der Waals surface area contributed by atoms with Gasteiger partial charge in [-0.05, 0) is 6.07 Å². The van der Waals surface area contributed by atoms with E-state index in [9.17, 15) is 30.0 Å².